The van der Waals surface area contributed by atoms with Gasteiger partial charge in [0.1, 0.15) is 5.75 Å². The van der Waals surface area contributed by atoms with E-state index < -0.39 is 0 Å². The molecule has 19 heavy (non-hydrogen) atoms. The fraction of sp³-hybridized carbons (Fsp3) is 0.188. The van der Waals surface area contributed by atoms with Gasteiger partial charge < -0.3 is 10.4 Å². The van der Waals surface area contributed by atoms with E-state index in [1.165, 1.54) is 0 Å². The smallest absolute Gasteiger partial charge is 0.231 e. The van der Waals surface area contributed by atoms with E-state index in [9.17, 15) is 9.90 Å². The van der Waals surface area contributed by atoms with Crippen molar-refractivity contribution in [2.75, 3.05) is 5.32 Å². The Morgan fingerprint density at radius 3 is 2.47 bits per heavy atom. The molecular formula is C16H17NO2. The van der Waals surface area contributed by atoms with E-state index in [1.807, 2.05) is 44.2 Å². The average Bonchev–Trinajstić information content (AvgIpc) is 2.42. The molecule has 0 aromatic heterocycles. The van der Waals surface area contributed by atoms with Crippen molar-refractivity contribution in [1.82, 2.24) is 0 Å². The van der Waals surface area contributed by atoms with E-state index in [-0.39, 0.29) is 17.6 Å². The summed E-state index contributed by atoms with van der Waals surface area (Å²) in [5.41, 5.74) is 2.55. The SMILES string of the molecule is Cc1cc(O)ccc1NC(=O)C(C)c1ccccc1. The lowest BCUT2D eigenvalue weighted by atomic mass is 10.0. The van der Waals surface area contributed by atoms with E-state index in [2.05, 4.69) is 5.32 Å². The number of benzene rings is 2. The molecule has 1 unspecified atom stereocenters. The molecule has 2 N–H and O–H groups in total. The van der Waals surface area contributed by atoms with E-state index in [1.54, 1.807) is 18.2 Å². The molecule has 98 valence electrons. The van der Waals surface area contributed by atoms with Gasteiger partial charge in [-0.25, -0.2) is 0 Å². The maximum absolute atomic E-state index is 12.2. The Morgan fingerprint density at radius 2 is 1.84 bits per heavy atom. The van der Waals surface area contributed by atoms with Gasteiger partial charge in [-0.2, -0.15) is 0 Å². The van der Waals surface area contributed by atoms with Crippen molar-refractivity contribution < 1.29 is 9.90 Å². The Bertz CT molecular complexity index is 579. The van der Waals surface area contributed by atoms with Crippen LogP contribution in [0.2, 0.25) is 0 Å². The highest BCUT2D eigenvalue weighted by molar-refractivity contribution is 5.96. The summed E-state index contributed by atoms with van der Waals surface area (Å²) in [6.07, 6.45) is 0. The number of phenols is 1. The van der Waals surface area contributed by atoms with Crippen molar-refractivity contribution in [1.29, 1.82) is 0 Å². The van der Waals surface area contributed by atoms with Gasteiger partial charge in [0.25, 0.3) is 0 Å². The molecule has 0 saturated heterocycles. The van der Waals surface area contributed by atoms with Crippen molar-refractivity contribution in [2.45, 2.75) is 19.8 Å². The van der Waals surface area contributed by atoms with Gasteiger partial charge in [-0.05, 0) is 43.2 Å². The molecule has 3 nitrogen and oxygen atoms in total. The maximum Gasteiger partial charge on any atom is 0.231 e. The zero-order valence-corrected chi connectivity index (χ0v) is 11.1. The molecule has 1 amide bonds. The first kappa shape index (κ1) is 13.1. The summed E-state index contributed by atoms with van der Waals surface area (Å²) in [7, 11) is 0. The van der Waals surface area contributed by atoms with Crippen LogP contribution in [0.25, 0.3) is 0 Å². The maximum atomic E-state index is 12.2. The largest absolute Gasteiger partial charge is 0.508 e. The number of amides is 1. The Hall–Kier alpha value is -2.29. The van der Waals surface area contributed by atoms with Crippen LogP contribution in [0, 0.1) is 6.92 Å². The van der Waals surface area contributed by atoms with Crippen LogP contribution in [-0.2, 0) is 4.79 Å². The molecule has 0 aliphatic carbocycles. The highest BCUT2D eigenvalue weighted by atomic mass is 16.3. The average molecular weight is 255 g/mol. The summed E-state index contributed by atoms with van der Waals surface area (Å²) in [6.45, 7) is 3.73. The van der Waals surface area contributed by atoms with Gasteiger partial charge in [0.2, 0.25) is 5.91 Å². The van der Waals surface area contributed by atoms with Crippen LogP contribution in [0.15, 0.2) is 48.5 Å². The van der Waals surface area contributed by atoms with Crippen molar-refractivity contribution in [2.24, 2.45) is 0 Å². The number of phenolic OH excluding ortho intramolecular Hbond substituents is 1. The molecule has 2 aromatic rings. The van der Waals surface area contributed by atoms with E-state index in [0.29, 0.717) is 0 Å². The molecule has 0 radical (unpaired) electrons. The normalized spacial score (nSPS) is 11.9. The first-order valence-corrected chi connectivity index (χ1v) is 6.23. The number of nitrogens with one attached hydrogen (secondary N) is 1. The van der Waals surface area contributed by atoms with Crippen molar-refractivity contribution in [3.05, 3.63) is 59.7 Å². The minimum absolute atomic E-state index is 0.0556. The standard InChI is InChI=1S/C16H17NO2/c1-11-10-14(18)8-9-15(11)17-16(19)12(2)13-6-4-3-5-7-13/h3-10,12,18H,1-2H3,(H,17,19). The lowest BCUT2D eigenvalue weighted by molar-refractivity contribution is -0.117. The number of carbonyl (C=O) groups is 1. The van der Waals surface area contributed by atoms with Gasteiger partial charge in [0, 0.05) is 5.69 Å². The van der Waals surface area contributed by atoms with E-state index in [4.69, 9.17) is 0 Å². The third-order valence-electron chi connectivity index (χ3n) is 3.16. The number of aromatic hydroxyl groups is 1. The van der Waals surface area contributed by atoms with Crippen LogP contribution in [0.5, 0.6) is 5.75 Å². The summed E-state index contributed by atoms with van der Waals surface area (Å²) in [5.74, 6) is -0.0685. The first-order chi connectivity index (χ1) is 9.08. The van der Waals surface area contributed by atoms with Crippen molar-refractivity contribution in [3.63, 3.8) is 0 Å². The lowest BCUT2D eigenvalue weighted by Gasteiger charge is -2.14. The lowest BCUT2D eigenvalue weighted by Crippen LogP contribution is -2.19. The zero-order chi connectivity index (χ0) is 13.8. The minimum atomic E-state index is -0.214. The summed E-state index contributed by atoms with van der Waals surface area (Å²) in [4.78, 5) is 12.2. The predicted molar refractivity (Wildman–Crippen MR) is 76.3 cm³/mol. The molecule has 2 aromatic carbocycles. The topological polar surface area (TPSA) is 49.3 Å². The summed E-state index contributed by atoms with van der Waals surface area (Å²) in [5, 5.41) is 12.2. The molecule has 0 spiro atoms. The predicted octanol–water partition coefficient (Wildman–Crippen LogP) is 3.44. The van der Waals surface area contributed by atoms with Gasteiger partial charge in [-0.3, -0.25) is 4.79 Å². The summed E-state index contributed by atoms with van der Waals surface area (Å²) < 4.78 is 0. The van der Waals surface area contributed by atoms with E-state index in [0.717, 1.165) is 16.8 Å². The molecule has 2 rings (SSSR count). The molecule has 1 atom stereocenters. The number of anilines is 1. The number of carbonyl (C=O) groups excluding carboxylic acids is 1. The van der Waals surface area contributed by atoms with Crippen molar-refractivity contribution in [3.8, 4) is 5.75 Å². The molecule has 0 aliphatic heterocycles. The fourth-order valence-electron chi connectivity index (χ4n) is 1.92. The second kappa shape index (κ2) is 5.57. The molecule has 0 heterocycles. The number of hydrogen-bond acceptors (Lipinski definition) is 2. The number of rotatable bonds is 3. The molecule has 3 heteroatoms. The Balaban J connectivity index is 2.13. The Labute approximate surface area is 112 Å². The third-order valence-corrected chi connectivity index (χ3v) is 3.16. The molecule has 0 saturated carbocycles. The highest BCUT2D eigenvalue weighted by Gasteiger charge is 2.15. The van der Waals surface area contributed by atoms with Gasteiger partial charge in [0.05, 0.1) is 5.92 Å². The van der Waals surface area contributed by atoms with Gasteiger partial charge in [0.15, 0.2) is 0 Å². The second-order valence-corrected chi connectivity index (χ2v) is 4.62. The van der Waals surface area contributed by atoms with Crippen LogP contribution >= 0.6 is 0 Å². The Morgan fingerprint density at radius 1 is 1.16 bits per heavy atom. The van der Waals surface area contributed by atoms with Crippen LogP contribution in [-0.4, -0.2) is 11.0 Å². The number of hydrogen-bond donors (Lipinski definition) is 2. The highest BCUT2D eigenvalue weighted by Crippen LogP contribution is 2.22. The van der Waals surface area contributed by atoms with Gasteiger partial charge in [-0.15, -0.1) is 0 Å². The van der Waals surface area contributed by atoms with Gasteiger partial charge >= 0.3 is 0 Å². The van der Waals surface area contributed by atoms with Crippen LogP contribution in [0.4, 0.5) is 5.69 Å². The quantitative estimate of drug-likeness (QED) is 0.825. The fourth-order valence-corrected chi connectivity index (χ4v) is 1.92. The molecule has 0 fully saturated rings. The number of aryl methyl sites for hydroxylation is 1. The van der Waals surface area contributed by atoms with E-state index >= 15 is 0 Å². The molecule has 0 aliphatic rings. The third kappa shape index (κ3) is 3.13. The van der Waals surface area contributed by atoms with Crippen LogP contribution < -0.4 is 5.32 Å². The van der Waals surface area contributed by atoms with Gasteiger partial charge in [-0.1, -0.05) is 30.3 Å². The monoisotopic (exact) mass is 255 g/mol. The summed E-state index contributed by atoms with van der Waals surface area (Å²) in [6, 6.07) is 14.6. The molecular weight excluding hydrogens is 238 g/mol. The van der Waals surface area contributed by atoms with Crippen LogP contribution in [0.1, 0.15) is 24.0 Å². The zero-order valence-electron chi connectivity index (χ0n) is 11.1. The second-order valence-electron chi connectivity index (χ2n) is 4.62. The Kier molecular flexibility index (Phi) is 3.85. The van der Waals surface area contributed by atoms with Crippen LogP contribution in [0.3, 0.4) is 0 Å². The summed E-state index contributed by atoms with van der Waals surface area (Å²) >= 11 is 0. The minimum Gasteiger partial charge on any atom is -0.508 e. The van der Waals surface area contributed by atoms with Crippen molar-refractivity contribution >= 4 is 11.6 Å². The first-order valence-electron chi connectivity index (χ1n) is 6.23. The molecule has 0 bridgehead atoms.